The molecule has 0 spiro atoms. The quantitative estimate of drug-likeness (QED) is 0.771. The highest BCUT2D eigenvalue weighted by Crippen LogP contribution is 2.26. The Bertz CT molecular complexity index is 328. The van der Waals surface area contributed by atoms with Gasteiger partial charge >= 0.3 is 0 Å². The molecular weight excluding hydrogens is 222 g/mol. The second kappa shape index (κ2) is 6.77. The summed E-state index contributed by atoms with van der Waals surface area (Å²) < 4.78 is 0. The molecule has 1 aromatic carbocycles. The van der Waals surface area contributed by atoms with Gasteiger partial charge in [-0.1, -0.05) is 37.4 Å². The first kappa shape index (κ1) is 13.3. The van der Waals surface area contributed by atoms with Gasteiger partial charge in [0.1, 0.15) is 0 Å². The summed E-state index contributed by atoms with van der Waals surface area (Å²) in [6.07, 6.45) is 3.66. The SMILES string of the molecule is CCCCCN(C)c1ccc(CO)cc1Cl. The molecule has 0 fully saturated rings. The summed E-state index contributed by atoms with van der Waals surface area (Å²) in [5, 5.41) is 9.71. The van der Waals surface area contributed by atoms with Crippen LogP contribution in [0, 0.1) is 0 Å². The van der Waals surface area contributed by atoms with Gasteiger partial charge in [0, 0.05) is 13.6 Å². The molecule has 3 heteroatoms. The average Bonchev–Trinajstić information content (AvgIpc) is 2.29. The molecule has 0 aliphatic heterocycles. The van der Waals surface area contributed by atoms with E-state index in [9.17, 15) is 0 Å². The molecule has 90 valence electrons. The summed E-state index contributed by atoms with van der Waals surface area (Å²) in [4.78, 5) is 2.17. The third-order valence-electron chi connectivity index (χ3n) is 2.70. The van der Waals surface area contributed by atoms with Crippen molar-refractivity contribution < 1.29 is 5.11 Å². The van der Waals surface area contributed by atoms with Crippen molar-refractivity contribution in [2.24, 2.45) is 0 Å². The van der Waals surface area contributed by atoms with Crippen LogP contribution >= 0.6 is 11.6 Å². The Labute approximate surface area is 103 Å². The molecule has 0 saturated carbocycles. The maximum Gasteiger partial charge on any atom is 0.0682 e. The van der Waals surface area contributed by atoms with E-state index in [1.807, 2.05) is 18.2 Å². The van der Waals surface area contributed by atoms with Crippen molar-refractivity contribution >= 4 is 17.3 Å². The van der Waals surface area contributed by atoms with Crippen molar-refractivity contribution in [2.45, 2.75) is 32.8 Å². The van der Waals surface area contributed by atoms with Crippen molar-refractivity contribution in [3.05, 3.63) is 28.8 Å². The third kappa shape index (κ3) is 3.69. The number of aliphatic hydroxyl groups excluding tert-OH is 1. The predicted octanol–water partition coefficient (Wildman–Crippen LogP) is 3.46. The zero-order valence-electron chi connectivity index (χ0n) is 10.0. The molecule has 0 radical (unpaired) electrons. The normalized spacial score (nSPS) is 10.5. The Hall–Kier alpha value is -0.730. The Morgan fingerprint density at radius 3 is 2.62 bits per heavy atom. The molecule has 1 aromatic rings. The molecule has 0 atom stereocenters. The van der Waals surface area contributed by atoms with Crippen LogP contribution in [-0.4, -0.2) is 18.7 Å². The summed E-state index contributed by atoms with van der Waals surface area (Å²) in [6.45, 7) is 3.26. The minimum Gasteiger partial charge on any atom is -0.392 e. The van der Waals surface area contributed by atoms with Crippen LogP contribution in [0.25, 0.3) is 0 Å². The highest BCUT2D eigenvalue weighted by Gasteiger charge is 2.06. The summed E-state index contributed by atoms with van der Waals surface area (Å²) in [6, 6.07) is 5.71. The lowest BCUT2D eigenvalue weighted by atomic mass is 10.2. The Kier molecular flexibility index (Phi) is 5.64. The van der Waals surface area contributed by atoms with Crippen molar-refractivity contribution in [2.75, 3.05) is 18.5 Å². The Balaban J connectivity index is 2.64. The molecule has 0 aliphatic rings. The van der Waals surface area contributed by atoms with Gasteiger partial charge in [0.15, 0.2) is 0 Å². The number of benzene rings is 1. The highest BCUT2D eigenvalue weighted by atomic mass is 35.5. The molecule has 0 bridgehead atoms. The molecule has 0 unspecified atom stereocenters. The summed E-state index contributed by atoms with van der Waals surface area (Å²) in [7, 11) is 2.05. The number of nitrogens with zero attached hydrogens (tertiary/aromatic N) is 1. The van der Waals surface area contributed by atoms with Crippen molar-refractivity contribution in [3.8, 4) is 0 Å². The molecule has 1 N–H and O–H groups in total. The Morgan fingerprint density at radius 1 is 1.31 bits per heavy atom. The summed E-state index contributed by atoms with van der Waals surface area (Å²) >= 11 is 6.16. The molecule has 0 heterocycles. The van der Waals surface area contributed by atoms with Crippen LogP contribution in [0.5, 0.6) is 0 Å². The van der Waals surface area contributed by atoms with E-state index >= 15 is 0 Å². The first-order chi connectivity index (χ1) is 7.69. The van der Waals surface area contributed by atoms with E-state index < -0.39 is 0 Å². The lowest BCUT2D eigenvalue weighted by Crippen LogP contribution is -2.18. The second-order valence-electron chi connectivity index (χ2n) is 4.07. The van der Waals surface area contributed by atoms with E-state index in [0.29, 0.717) is 5.02 Å². The molecule has 16 heavy (non-hydrogen) atoms. The largest absolute Gasteiger partial charge is 0.392 e. The van der Waals surface area contributed by atoms with Gasteiger partial charge in [-0.3, -0.25) is 0 Å². The summed E-state index contributed by atoms with van der Waals surface area (Å²) in [5.74, 6) is 0. The van der Waals surface area contributed by atoms with Gasteiger partial charge in [-0.25, -0.2) is 0 Å². The van der Waals surface area contributed by atoms with Gasteiger partial charge in [0.25, 0.3) is 0 Å². The topological polar surface area (TPSA) is 23.5 Å². The Morgan fingerprint density at radius 2 is 2.06 bits per heavy atom. The maximum absolute atomic E-state index is 8.99. The minimum atomic E-state index is 0.0412. The fraction of sp³-hybridized carbons (Fsp3) is 0.538. The number of anilines is 1. The monoisotopic (exact) mass is 241 g/mol. The van der Waals surface area contributed by atoms with Gasteiger partial charge in [-0.15, -0.1) is 0 Å². The lowest BCUT2D eigenvalue weighted by molar-refractivity contribution is 0.282. The number of rotatable bonds is 6. The molecule has 0 aliphatic carbocycles. The van der Waals surface area contributed by atoms with Gasteiger partial charge < -0.3 is 10.0 Å². The van der Waals surface area contributed by atoms with Crippen LogP contribution < -0.4 is 4.90 Å². The second-order valence-corrected chi connectivity index (χ2v) is 4.48. The van der Waals surface area contributed by atoms with Crippen LogP contribution in [0.3, 0.4) is 0 Å². The van der Waals surface area contributed by atoms with E-state index in [2.05, 4.69) is 18.9 Å². The number of hydrogen-bond acceptors (Lipinski definition) is 2. The van der Waals surface area contributed by atoms with Crippen LogP contribution in [0.1, 0.15) is 31.7 Å². The van der Waals surface area contributed by atoms with Crippen LogP contribution in [0.4, 0.5) is 5.69 Å². The van der Waals surface area contributed by atoms with Crippen LogP contribution in [0.2, 0.25) is 5.02 Å². The van der Waals surface area contributed by atoms with E-state index in [1.54, 1.807) is 0 Å². The smallest absolute Gasteiger partial charge is 0.0682 e. The first-order valence-corrected chi connectivity index (χ1v) is 6.17. The van der Waals surface area contributed by atoms with E-state index in [0.717, 1.165) is 17.8 Å². The van der Waals surface area contributed by atoms with Gasteiger partial charge in [-0.05, 0) is 24.1 Å². The molecular formula is C13H20ClNO. The fourth-order valence-electron chi connectivity index (χ4n) is 1.68. The number of unbranched alkanes of at least 4 members (excludes halogenated alkanes) is 2. The molecule has 0 aromatic heterocycles. The van der Waals surface area contributed by atoms with E-state index in [1.165, 1.54) is 19.3 Å². The van der Waals surface area contributed by atoms with Crippen molar-refractivity contribution in [1.82, 2.24) is 0 Å². The van der Waals surface area contributed by atoms with Crippen LogP contribution in [-0.2, 0) is 6.61 Å². The van der Waals surface area contributed by atoms with Crippen LogP contribution in [0.15, 0.2) is 18.2 Å². The van der Waals surface area contributed by atoms with Crippen molar-refractivity contribution in [3.63, 3.8) is 0 Å². The van der Waals surface area contributed by atoms with Gasteiger partial charge in [0.2, 0.25) is 0 Å². The first-order valence-electron chi connectivity index (χ1n) is 5.79. The highest BCUT2D eigenvalue weighted by molar-refractivity contribution is 6.33. The molecule has 1 rings (SSSR count). The number of halogens is 1. The van der Waals surface area contributed by atoms with Gasteiger partial charge in [0.05, 0.1) is 17.3 Å². The zero-order valence-corrected chi connectivity index (χ0v) is 10.8. The summed E-state index contributed by atoms with van der Waals surface area (Å²) in [5.41, 5.74) is 1.89. The minimum absolute atomic E-state index is 0.0412. The van der Waals surface area contributed by atoms with Crippen molar-refractivity contribution in [1.29, 1.82) is 0 Å². The van der Waals surface area contributed by atoms with Gasteiger partial charge in [-0.2, -0.15) is 0 Å². The fourth-order valence-corrected chi connectivity index (χ4v) is 2.03. The predicted molar refractivity (Wildman–Crippen MR) is 70.2 cm³/mol. The molecule has 2 nitrogen and oxygen atoms in total. The molecule has 0 amide bonds. The maximum atomic E-state index is 8.99. The third-order valence-corrected chi connectivity index (χ3v) is 3.01. The lowest BCUT2D eigenvalue weighted by Gasteiger charge is -2.20. The van der Waals surface area contributed by atoms with E-state index in [-0.39, 0.29) is 6.61 Å². The number of aliphatic hydroxyl groups is 1. The molecule has 0 saturated heterocycles. The zero-order chi connectivity index (χ0) is 12.0. The number of hydrogen-bond donors (Lipinski definition) is 1. The standard InChI is InChI=1S/C13H20ClNO/c1-3-4-5-8-15(2)13-7-6-11(10-16)9-12(13)14/h6-7,9,16H,3-5,8,10H2,1-2H3. The van der Waals surface area contributed by atoms with E-state index in [4.69, 9.17) is 16.7 Å². The average molecular weight is 242 g/mol.